The highest BCUT2D eigenvalue weighted by molar-refractivity contribution is 6.02. The lowest BCUT2D eigenvalue weighted by atomic mass is 10.1. The molecule has 1 amide bonds. The number of unbranched alkanes of at least 4 members (excludes halogenated alkanes) is 1. The van der Waals surface area contributed by atoms with E-state index in [1.165, 1.54) is 18.4 Å². The molecule has 2 aromatic rings. The quantitative estimate of drug-likeness (QED) is 0.891. The zero-order valence-electron chi connectivity index (χ0n) is 11.3. The zero-order chi connectivity index (χ0) is 13.7. The summed E-state index contributed by atoms with van der Waals surface area (Å²) in [6.07, 6.45) is 3.45. The average molecular weight is 258 g/mol. The minimum Gasteiger partial charge on any atom is -0.361 e. The van der Waals surface area contributed by atoms with Gasteiger partial charge in [-0.05, 0) is 37.5 Å². The van der Waals surface area contributed by atoms with Gasteiger partial charge >= 0.3 is 0 Å². The van der Waals surface area contributed by atoms with Crippen LogP contribution >= 0.6 is 0 Å². The lowest BCUT2D eigenvalue weighted by Gasteiger charge is -2.04. The van der Waals surface area contributed by atoms with Crippen molar-refractivity contribution >= 4 is 11.6 Å². The second kappa shape index (κ2) is 6.18. The van der Waals surface area contributed by atoms with Crippen LogP contribution in [0.3, 0.4) is 0 Å². The molecule has 0 saturated heterocycles. The molecular weight excluding hydrogens is 240 g/mol. The second-order valence-corrected chi connectivity index (χ2v) is 4.58. The third kappa shape index (κ3) is 3.68. The van der Waals surface area contributed by atoms with E-state index >= 15 is 0 Å². The number of nitrogens with one attached hydrogen (secondary N) is 1. The van der Waals surface area contributed by atoms with Gasteiger partial charge in [0.25, 0.3) is 5.91 Å². The summed E-state index contributed by atoms with van der Waals surface area (Å²) in [7, 11) is 0. The smallest absolute Gasteiger partial charge is 0.277 e. The number of carbonyl (C=O) groups is 1. The number of nitrogens with zero attached hydrogens (tertiary/aromatic N) is 1. The van der Waals surface area contributed by atoms with Gasteiger partial charge in [-0.25, -0.2) is 0 Å². The van der Waals surface area contributed by atoms with E-state index in [0.717, 1.165) is 12.1 Å². The zero-order valence-corrected chi connectivity index (χ0v) is 11.3. The van der Waals surface area contributed by atoms with Gasteiger partial charge in [0.05, 0.1) is 0 Å². The number of benzene rings is 1. The molecule has 4 heteroatoms. The van der Waals surface area contributed by atoms with Gasteiger partial charge in [0, 0.05) is 11.8 Å². The average Bonchev–Trinajstić information content (AvgIpc) is 2.85. The van der Waals surface area contributed by atoms with Crippen molar-refractivity contribution in [1.82, 2.24) is 5.16 Å². The topological polar surface area (TPSA) is 55.1 Å². The lowest BCUT2D eigenvalue weighted by Crippen LogP contribution is -2.12. The predicted octanol–water partition coefficient (Wildman–Crippen LogP) is 3.58. The molecule has 1 N–H and O–H groups in total. The van der Waals surface area contributed by atoms with E-state index in [2.05, 4.69) is 17.4 Å². The molecule has 0 radical (unpaired) electrons. The van der Waals surface area contributed by atoms with E-state index in [0.29, 0.717) is 11.5 Å². The summed E-state index contributed by atoms with van der Waals surface area (Å²) in [6, 6.07) is 9.52. The number of carbonyl (C=O) groups excluding carboxylic acids is 1. The molecule has 0 aliphatic rings. The van der Waals surface area contributed by atoms with Crippen molar-refractivity contribution in [3.63, 3.8) is 0 Å². The Morgan fingerprint density at radius 2 is 2.05 bits per heavy atom. The molecular formula is C15H18N2O2. The van der Waals surface area contributed by atoms with Crippen molar-refractivity contribution in [2.45, 2.75) is 33.1 Å². The van der Waals surface area contributed by atoms with E-state index in [4.69, 9.17) is 4.52 Å². The summed E-state index contributed by atoms with van der Waals surface area (Å²) in [5, 5.41) is 6.48. The normalized spacial score (nSPS) is 10.4. The summed E-state index contributed by atoms with van der Waals surface area (Å²) in [5.41, 5.74) is 2.36. The van der Waals surface area contributed by atoms with Gasteiger partial charge in [-0.1, -0.05) is 30.6 Å². The van der Waals surface area contributed by atoms with Gasteiger partial charge in [0.2, 0.25) is 0 Å². The molecule has 2 rings (SSSR count). The molecule has 19 heavy (non-hydrogen) atoms. The van der Waals surface area contributed by atoms with Gasteiger partial charge in [-0.15, -0.1) is 0 Å². The summed E-state index contributed by atoms with van der Waals surface area (Å²) in [5.74, 6) is 0.373. The third-order valence-electron chi connectivity index (χ3n) is 2.89. The van der Waals surface area contributed by atoms with Crippen molar-refractivity contribution in [3.05, 3.63) is 47.3 Å². The summed E-state index contributed by atoms with van der Waals surface area (Å²) in [4.78, 5) is 11.9. The number of hydrogen-bond donors (Lipinski definition) is 1. The maximum absolute atomic E-state index is 11.9. The molecule has 0 aliphatic heterocycles. The van der Waals surface area contributed by atoms with E-state index in [9.17, 15) is 4.79 Å². The molecule has 1 aromatic heterocycles. The van der Waals surface area contributed by atoms with Crippen molar-refractivity contribution in [3.8, 4) is 0 Å². The van der Waals surface area contributed by atoms with Gasteiger partial charge in [-0.3, -0.25) is 4.79 Å². The summed E-state index contributed by atoms with van der Waals surface area (Å²) < 4.78 is 4.88. The van der Waals surface area contributed by atoms with E-state index in [-0.39, 0.29) is 5.91 Å². The van der Waals surface area contributed by atoms with Crippen LogP contribution in [-0.2, 0) is 6.42 Å². The predicted molar refractivity (Wildman–Crippen MR) is 74.2 cm³/mol. The maximum Gasteiger partial charge on any atom is 0.277 e. The first-order chi connectivity index (χ1) is 9.19. The molecule has 0 saturated carbocycles. The molecule has 0 fully saturated rings. The molecule has 0 unspecified atom stereocenters. The fraction of sp³-hybridized carbons (Fsp3) is 0.333. The van der Waals surface area contributed by atoms with Gasteiger partial charge in [-0.2, -0.15) is 0 Å². The van der Waals surface area contributed by atoms with Crippen molar-refractivity contribution in [2.24, 2.45) is 0 Å². The molecule has 0 bridgehead atoms. The van der Waals surface area contributed by atoms with Gasteiger partial charge < -0.3 is 9.84 Å². The Labute approximate surface area is 112 Å². The number of amides is 1. The third-order valence-corrected chi connectivity index (χ3v) is 2.89. The lowest BCUT2D eigenvalue weighted by molar-refractivity contribution is 0.101. The maximum atomic E-state index is 11.9. The van der Waals surface area contributed by atoms with Crippen LogP contribution in [-0.4, -0.2) is 11.1 Å². The fourth-order valence-corrected chi connectivity index (χ4v) is 1.80. The highest BCUT2D eigenvalue weighted by Gasteiger charge is 2.10. The minimum atomic E-state index is -0.252. The second-order valence-electron chi connectivity index (χ2n) is 4.58. The molecule has 0 aliphatic carbocycles. The van der Waals surface area contributed by atoms with Crippen LogP contribution in [0, 0.1) is 6.92 Å². The number of anilines is 1. The Hall–Kier alpha value is -2.10. The first-order valence-electron chi connectivity index (χ1n) is 6.52. The number of aromatic nitrogens is 1. The fourth-order valence-electron chi connectivity index (χ4n) is 1.80. The number of aryl methyl sites for hydroxylation is 2. The van der Waals surface area contributed by atoms with Gasteiger partial charge in [0.15, 0.2) is 5.69 Å². The SMILES string of the molecule is CCCCc1ccc(NC(=O)c2cc(C)on2)cc1. The number of rotatable bonds is 5. The highest BCUT2D eigenvalue weighted by atomic mass is 16.5. The molecule has 0 atom stereocenters. The summed E-state index contributed by atoms with van der Waals surface area (Å²) in [6.45, 7) is 3.93. The molecule has 1 aromatic carbocycles. The Balaban J connectivity index is 1.97. The van der Waals surface area contributed by atoms with Crippen molar-refractivity contribution in [2.75, 3.05) is 5.32 Å². The Kier molecular flexibility index (Phi) is 4.34. The van der Waals surface area contributed by atoms with Crippen LogP contribution < -0.4 is 5.32 Å². The first-order valence-corrected chi connectivity index (χ1v) is 6.52. The minimum absolute atomic E-state index is 0.252. The van der Waals surface area contributed by atoms with E-state index in [1.807, 2.05) is 24.3 Å². The van der Waals surface area contributed by atoms with Crippen LogP contribution in [0.1, 0.15) is 41.6 Å². The van der Waals surface area contributed by atoms with Crippen LogP contribution in [0.25, 0.3) is 0 Å². The van der Waals surface area contributed by atoms with Gasteiger partial charge in [0.1, 0.15) is 5.76 Å². The molecule has 0 spiro atoms. The van der Waals surface area contributed by atoms with Crippen LogP contribution in [0.2, 0.25) is 0 Å². The van der Waals surface area contributed by atoms with Crippen molar-refractivity contribution < 1.29 is 9.32 Å². The Bertz CT molecular complexity index is 544. The first kappa shape index (κ1) is 13.3. The Morgan fingerprint density at radius 3 is 2.63 bits per heavy atom. The molecule has 100 valence electrons. The van der Waals surface area contributed by atoms with Crippen molar-refractivity contribution in [1.29, 1.82) is 0 Å². The van der Waals surface area contributed by atoms with Crippen LogP contribution in [0.4, 0.5) is 5.69 Å². The van der Waals surface area contributed by atoms with E-state index in [1.54, 1.807) is 13.0 Å². The Morgan fingerprint density at radius 1 is 1.32 bits per heavy atom. The summed E-state index contributed by atoms with van der Waals surface area (Å²) >= 11 is 0. The van der Waals surface area contributed by atoms with E-state index < -0.39 is 0 Å². The highest BCUT2D eigenvalue weighted by Crippen LogP contribution is 2.13. The molecule has 1 heterocycles. The monoisotopic (exact) mass is 258 g/mol. The largest absolute Gasteiger partial charge is 0.361 e. The molecule has 4 nitrogen and oxygen atoms in total. The standard InChI is InChI=1S/C15H18N2O2/c1-3-4-5-12-6-8-13(9-7-12)16-15(18)14-10-11(2)19-17-14/h6-10H,3-5H2,1-2H3,(H,16,18). The van der Waals surface area contributed by atoms with Crippen LogP contribution in [0.15, 0.2) is 34.9 Å². The number of hydrogen-bond acceptors (Lipinski definition) is 3. The van der Waals surface area contributed by atoms with Crippen LogP contribution in [0.5, 0.6) is 0 Å².